The third-order valence-electron chi connectivity index (χ3n) is 5.44. The van der Waals surface area contributed by atoms with E-state index in [1.54, 1.807) is 0 Å². The van der Waals surface area contributed by atoms with Gasteiger partial charge in [0.25, 0.3) is 0 Å². The molecule has 0 unspecified atom stereocenters. The zero-order valence-corrected chi connectivity index (χ0v) is 19.6. The van der Waals surface area contributed by atoms with Crippen molar-refractivity contribution in [1.82, 2.24) is 0 Å². The van der Waals surface area contributed by atoms with Gasteiger partial charge in [0.2, 0.25) is 0 Å². The highest BCUT2D eigenvalue weighted by molar-refractivity contribution is 6.16. The highest BCUT2D eigenvalue weighted by Gasteiger charge is 2.21. The Kier molecular flexibility index (Phi) is 6.59. The van der Waals surface area contributed by atoms with Crippen LogP contribution in [0.5, 0.6) is 0 Å². The molecule has 3 rings (SSSR count). The van der Waals surface area contributed by atoms with E-state index in [4.69, 9.17) is 4.99 Å². The maximum absolute atomic E-state index is 13.0. The topological polar surface area (TPSA) is 29.4 Å². The fourth-order valence-corrected chi connectivity index (χ4v) is 3.41. The first-order valence-corrected chi connectivity index (χ1v) is 10.9. The molecule has 3 aromatic carbocycles. The molecule has 0 aromatic heterocycles. The van der Waals surface area contributed by atoms with E-state index in [0.717, 1.165) is 17.0 Å². The minimum atomic E-state index is 0.0122. The smallest absolute Gasteiger partial charge is 0.168 e. The zero-order valence-electron chi connectivity index (χ0n) is 19.6. The molecule has 0 saturated carbocycles. The monoisotopic (exact) mass is 411 g/mol. The number of benzene rings is 3. The van der Waals surface area contributed by atoms with Crippen LogP contribution in [0.25, 0.3) is 0 Å². The second-order valence-electron chi connectivity index (χ2n) is 10.2. The minimum absolute atomic E-state index is 0.0122. The Hall–Kier alpha value is -3.00. The Morgan fingerprint density at radius 3 is 1.58 bits per heavy atom. The average Bonchev–Trinajstić information content (AvgIpc) is 2.73. The molecule has 0 atom stereocenters. The summed E-state index contributed by atoms with van der Waals surface area (Å²) in [5, 5.41) is 0. The van der Waals surface area contributed by atoms with Crippen molar-refractivity contribution in [2.75, 3.05) is 0 Å². The summed E-state index contributed by atoms with van der Waals surface area (Å²) in [5.74, 6) is 0.0752. The summed E-state index contributed by atoms with van der Waals surface area (Å²) in [5.41, 5.74) is 5.91. The van der Waals surface area contributed by atoms with Crippen molar-refractivity contribution in [1.29, 1.82) is 0 Å². The van der Waals surface area contributed by atoms with Crippen LogP contribution >= 0.6 is 0 Å². The van der Waals surface area contributed by atoms with Crippen LogP contribution < -0.4 is 0 Å². The molecule has 0 N–H and O–H groups in total. The van der Waals surface area contributed by atoms with Crippen LogP contribution in [0, 0.1) is 0 Å². The van der Waals surface area contributed by atoms with Gasteiger partial charge in [0.1, 0.15) is 0 Å². The van der Waals surface area contributed by atoms with Gasteiger partial charge in [-0.15, -0.1) is 0 Å². The Labute approximate surface area is 187 Å². The molecule has 160 valence electrons. The normalized spacial score (nSPS) is 12.6. The molecule has 0 heterocycles. The van der Waals surface area contributed by atoms with Crippen molar-refractivity contribution in [2.24, 2.45) is 4.99 Å². The predicted octanol–water partition coefficient (Wildman–Crippen LogP) is 7.68. The summed E-state index contributed by atoms with van der Waals surface area (Å²) in [4.78, 5) is 18.0. The van der Waals surface area contributed by atoms with E-state index in [2.05, 4.69) is 59.7 Å². The molecule has 0 amide bonds. The Balaban J connectivity index is 2.11. The zero-order chi connectivity index (χ0) is 22.6. The molecule has 0 saturated heterocycles. The number of carbonyl (C=O) groups excluding carboxylic acids is 1. The van der Waals surface area contributed by atoms with E-state index in [0.29, 0.717) is 5.56 Å². The highest BCUT2D eigenvalue weighted by atomic mass is 16.1. The van der Waals surface area contributed by atoms with Gasteiger partial charge < -0.3 is 0 Å². The minimum Gasteiger partial charge on any atom is -0.294 e. The van der Waals surface area contributed by atoms with Crippen LogP contribution in [-0.4, -0.2) is 11.5 Å². The van der Waals surface area contributed by atoms with Crippen LogP contribution in [0.15, 0.2) is 83.9 Å². The second kappa shape index (κ2) is 9.01. The number of hydrogen-bond acceptors (Lipinski definition) is 2. The van der Waals surface area contributed by atoms with Crippen LogP contribution in [0.4, 0.5) is 5.69 Å². The van der Waals surface area contributed by atoms with E-state index in [1.165, 1.54) is 11.1 Å². The van der Waals surface area contributed by atoms with Crippen molar-refractivity contribution in [2.45, 2.75) is 58.8 Å². The SMILES string of the molecule is CC(C)(C)c1cc(N=C(CC(=O)c2ccccc2)c2ccccc2)cc(C(C)(C)C)c1. The maximum atomic E-state index is 13.0. The lowest BCUT2D eigenvalue weighted by atomic mass is 9.80. The Bertz CT molecular complexity index is 1030. The molecule has 0 bridgehead atoms. The first-order chi connectivity index (χ1) is 14.5. The van der Waals surface area contributed by atoms with E-state index < -0.39 is 0 Å². The van der Waals surface area contributed by atoms with Crippen molar-refractivity contribution < 1.29 is 4.79 Å². The quantitative estimate of drug-likeness (QED) is 0.313. The third-order valence-corrected chi connectivity index (χ3v) is 5.44. The van der Waals surface area contributed by atoms with Crippen LogP contribution in [0.2, 0.25) is 0 Å². The first kappa shape index (κ1) is 22.7. The highest BCUT2D eigenvalue weighted by Crippen LogP contribution is 2.33. The summed E-state index contributed by atoms with van der Waals surface area (Å²) < 4.78 is 0. The lowest BCUT2D eigenvalue weighted by Crippen LogP contribution is -2.16. The van der Waals surface area contributed by atoms with Crippen molar-refractivity contribution in [3.63, 3.8) is 0 Å². The van der Waals surface area contributed by atoms with Gasteiger partial charge >= 0.3 is 0 Å². The number of nitrogens with zero attached hydrogens (tertiary/aromatic N) is 1. The van der Waals surface area contributed by atoms with Gasteiger partial charge in [0, 0.05) is 5.56 Å². The van der Waals surface area contributed by atoms with Crippen LogP contribution in [0.3, 0.4) is 0 Å². The number of ketones is 1. The number of Topliss-reactive ketones (excluding diaryl/α,β-unsaturated/α-hetero) is 1. The summed E-state index contributed by atoms with van der Waals surface area (Å²) in [6.45, 7) is 13.3. The molecule has 3 aromatic rings. The van der Waals surface area contributed by atoms with Gasteiger partial charge in [-0.25, -0.2) is 0 Å². The van der Waals surface area contributed by atoms with Gasteiger partial charge in [-0.3, -0.25) is 9.79 Å². The lowest BCUT2D eigenvalue weighted by molar-refractivity contribution is 0.100. The van der Waals surface area contributed by atoms with Gasteiger partial charge in [-0.1, -0.05) is 108 Å². The van der Waals surface area contributed by atoms with E-state index in [9.17, 15) is 4.79 Å². The summed E-state index contributed by atoms with van der Waals surface area (Å²) in [6.07, 6.45) is 0.263. The summed E-state index contributed by atoms with van der Waals surface area (Å²) in [6, 6.07) is 26.1. The van der Waals surface area contributed by atoms with Crippen molar-refractivity contribution >= 4 is 17.2 Å². The molecule has 0 fully saturated rings. The maximum Gasteiger partial charge on any atom is 0.168 e. The van der Waals surface area contributed by atoms with Crippen molar-refractivity contribution in [3.05, 3.63) is 101 Å². The fraction of sp³-hybridized carbons (Fsp3) is 0.310. The van der Waals surface area contributed by atoms with E-state index >= 15 is 0 Å². The lowest BCUT2D eigenvalue weighted by Gasteiger charge is -2.25. The van der Waals surface area contributed by atoms with Crippen molar-refractivity contribution in [3.8, 4) is 0 Å². The standard InChI is InChI=1S/C29H33NO/c1-28(2,3)23-17-24(29(4,5)6)19-25(18-23)30-26(21-13-9-7-10-14-21)20-27(31)22-15-11-8-12-16-22/h7-19H,20H2,1-6H3. The number of rotatable bonds is 5. The molecule has 2 heteroatoms. The largest absolute Gasteiger partial charge is 0.294 e. The molecule has 0 aliphatic carbocycles. The average molecular weight is 412 g/mol. The number of hydrogen-bond donors (Lipinski definition) is 0. The Morgan fingerprint density at radius 1 is 0.677 bits per heavy atom. The molecule has 31 heavy (non-hydrogen) atoms. The second-order valence-corrected chi connectivity index (χ2v) is 10.2. The molecule has 2 nitrogen and oxygen atoms in total. The van der Waals surface area contributed by atoms with Crippen LogP contribution in [0.1, 0.15) is 75.0 Å². The molecular weight excluding hydrogens is 378 g/mol. The Morgan fingerprint density at radius 2 is 1.13 bits per heavy atom. The van der Waals surface area contributed by atoms with Gasteiger partial charge in [-0.05, 0) is 39.7 Å². The van der Waals surface area contributed by atoms with Gasteiger partial charge in [-0.2, -0.15) is 0 Å². The predicted molar refractivity (Wildman–Crippen MR) is 132 cm³/mol. The van der Waals surface area contributed by atoms with Crippen LogP contribution in [-0.2, 0) is 10.8 Å². The summed E-state index contributed by atoms with van der Waals surface area (Å²) in [7, 11) is 0. The first-order valence-electron chi connectivity index (χ1n) is 10.9. The van der Waals surface area contributed by atoms with Gasteiger partial charge in [0.15, 0.2) is 5.78 Å². The molecule has 0 aliphatic rings. The van der Waals surface area contributed by atoms with E-state index in [-0.39, 0.29) is 23.0 Å². The molecule has 0 aliphatic heterocycles. The number of carbonyl (C=O) groups is 1. The number of aliphatic imine (C=N–C) groups is 1. The summed E-state index contributed by atoms with van der Waals surface area (Å²) >= 11 is 0. The molecule has 0 radical (unpaired) electrons. The molecule has 0 spiro atoms. The fourth-order valence-electron chi connectivity index (χ4n) is 3.41. The third kappa shape index (κ3) is 6.01. The van der Waals surface area contributed by atoms with Gasteiger partial charge in [0.05, 0.1) is 17.8 Å². The van der Waals surface area contributed by atoms with E-state index in [1.807, 2.05) is 60.7 Å². The molecular formula is C29H33NO.